The molecule has 18 nitrogen and oxygen atoms in total. The SMILES string of the molecule is C=COC(=O)Oc1cc2c(cc1OC)[C@@]1(CS[C@@H]3c4c(OC(C)=O)c(C)c5c(c4[C@@H](COC1=O)N1C3[C@H]3c4c(cc(C)c(OC)c4OC(=O)OC=C)C[C@H]([C@@H]1O)N3C)OCO5)NCC2. The van der Waals surface area contributed by atoms with E-state index in [0.717, 1.165) is 18.1 Å². The van der Waals surface area contributed by atoms with Gasteiger partial charge in [-0.3, -0.25) is 19.9 Å². The lowest BCUT2D eigenvalue weighted by molar-refractivity contribution is -0.186. The maximum atomic E-state index is 15.0. The number of likely N-dealkylation sites (N-methyl/N-ethyl adjacent to an activating group) is 1. The topological polar surface area (TPSA) is 199 Å². The molecule has 10 rings (SSSR count). The smallest absolute Gasteiger partial charge is 0.493 e. The zero-order chi connectivity index (χ0) is 45.4. The molecule has 2 saturated heterocycles. The standard InChI is InChI=1S/C45H47N3O15S/c1-9-56-43(52)62-29-15-23-11-12-46-45(25(23)16-28(29)54-7)18-64-40-32-31(38-37(59-19-60-38)21(4)36(32)61-22(5)49)27(17-58-42(45)51)48-34(40)33-30-24(14-26(41(48)50)47(33)6)13-20(3)35(55-8)39(30)63-44(53)57-10-2/h9-10,13,15-16,26-27,33-34,40-41,46,50H,1-2,11-12,14,17-19H2,3-8H3/t26-,27-,33-,34?,40-,41+,45-/m1/s1. The van der Waals surface area contributed by atoms with Crippen molar-refractivity contribution in [1.82, 2.24) is 15.1 Å². The van der Waals surface area contributed by atoms with Crippen LogP contribution in [0.1, 0.15) is 68.8 Å². The number of aliphatic hydroxyl groups is 1. The monoisotopic (exact) mass is 901 g/mol. The summed E-state index contributed by atoms with van der Waals surface area (Å²) in [5, 5.41) is 15.6. The molecule has 1 unspecified atom stereocenters. The molecule has 2 fully saturated rings. The lowest BCUT2D eigenvalue weighted by atomic mass is 9.73. The Labute approximate surface area is 372 Å². The van der Waals surface area contributed by atoms with Crippen LogP contribution in [-0.4, -0.2) is 104 Å². The number of esters is 2. The minimum atomic E-state index is -1.50. The Kier molecular flexibility index (Phi) is 11.2. The molecule has 0 aromatic heterocycles. The lowest BCUT2D eigenvalue weighted by Gasteiger charge is -2.62. The molecule has 1 spiro atoms. The molecule has 338 valence electrons. The second kappa shape index (κ2) is 16.5. The summed E-state index contributed by atoms with van der Waals surface area (Å²) < 4.78 is 57.8. The van der Waals surface area contributed by atoms with E-state index in [9.17, 15) is 19.5 Å². The molecule has 2 N–H and O–H groups in total. The van der Waals surface area contributed by atoms with Crippen LogP contribution in [0.25, 0.3) is 0 Å². The van der Waals surface area contributed by atoms with E-state index >= 15 is 4.79 Å². The van der Waals surface area contributed by atoms with E-state index in [4.69, 9.17) is 47.4 Å². The van der Waals surface area contributed by atoms with Crippen molar-refractivity contribution in [3.8, 4) is 40.2 Å². The molecule has 7 aliphatic rings. The van der Waals surface area contributed by atoms with E-state index in [1.807, 2.05) is 24.9 Å². The number of piperazine rings is 1. The minimum absolute atomic E-state index is 0.0296. The Balaban J connectivity index is 1.29. The van der Waals surface area contributed by atoms with Crippen LogP contribution in [0.5, 0.6) is 40.2 Å². The number of aliphatic hydroxyl groups excluding tert-OH is 1. The Bertz CT molecular complexity index is 2510. The summed E-state index contributed by atoms with van der Waals surface area (Å²) in [5.41, 5.74) is 3.53. The van der Waals surface area contributed by atoms with Crippen molar-refractivity contribution >= 4 is 36.0 Å². The van der Waals surface area contributed by atoms with Crippen LogP contribution in [0.3, 0.4) is 0 Å². The third-order valence-electron chi connectivity index (χ3n) is 13.0. The minimum Gasteiger partial charge on any atom is -0.493 e. The largest absolute Gasteiger partial charge is 0.518 e. The number of hydrogen-bond acceptors (Lipinski definition) is 19. The number of ether oxygens (including phenoxy) is 10. The van der Waals surface area contributed by atoms with Gasteiger partial charge in [0, 0.05) is 47.5 Å². The first kappa shape index (κ1) is 43.3. The Morgan fingerprint density at radius 2 is 1.64 bits per heavy atom. The number of aryl methyl sites for hydroxylation is 1. The first-order valence-electron chi connectivity index (χ1n) is 20.5. The molecule has 19 heteroatoms. The summed E-state index contributed by atoms with van der Waals surface area (Å²) in [6.07, 6.45) is -0.473. The van der Waals surface area contributed by atoms with Crippen molar-refractivity contribution in [3.05, 3.63) is 88.4 Å². The van der Waals surface area contributed by atoms with Gasteiger partial charge in [0.2, 0.25) is 6.79 Å². The summed E-state index contributed by atoms with van der Waals surface area (Å²) in [7, 11) is 4.81. The van der Waals surface area contributed by atoms with Crippen molar-refractivity contribution in [2.24, 2.45) is 0 Å². The van der Waals surface area contributed by atoms with Crippen molar-refractivity contribution < 1.29 is 71.7 Å². The fourth-order valence-corrected chi connectivity index (χ4v) is 12.2. The second-order valence-corrected chi connectivity index (χ2v) is 17.3. The van der Waals surface area contributed by atoms with Crippen molar-refractivity contribution in [2.45, 2.75) is 74.8 Å². The van der Waals surface area contributed by atoms with Gasteiger partial charge in [-0.05, 0) is 68.1 Å². The van der Waals surface area contributed by atoms with E-state index < -0.39 is 65.4 Å². The summed E-state index contributed by atoms with van der Waals surface area (Å²) in [5.74, 6) is 0.569. The molecular formula is C45H47N3O15S. The average molecular weight is 902 g/mol. The summed E-state index contributed by atoms with van der Waals surface area (Å²) in [6.45, 7) is 11.8. The number of nitrogens with zero attached hydrogens (tertiary/aromatic N) is 2. The van der Waals surface area contributed by atoms with Crippen LogP contribution in [-0.2, 0) is 42.2 Å². The molecule has 7 atom stereocenters. The molecule has 64 heavy (non-hydrogen) atoms. The van der Waals surface area contributed by atoms with Crippen molar-refractivity contribution in [1.29, 1.82) is 0 Å². The van der Waals surface area contributed by atoms with Gasteiger partial charge in [-0.25, -0.2) is 14.4 Å². The maximum absolute atomic E-state index is 15.0. The number of rotatable bonds is 7. The normalized spacial score (nSPS) is 26.2. The Hall–Kier alpha value is -5.99. The van der Waals surface area contributed by atoms with Crippen molar-refractivity contribution in [3.63, 3.8) is 0 Å². The molecule has 0 aliphatic carbocycles. The van der Waals surface area contributed by atoms with E-state index in [-0.39, 0.29) is 42.2 Å². The average Bonchev–Trinajstić information content (AvgIpc) is 3.75. The molecule has 3 aromatic carbocycles. The highest BCUT2D eigenvalue weighted by Crippen LogP contribution is 2.64. The van der Waals surface area contributed by atoms with Gasteiger partial charge in [-0.15, -0.1) is 11.8 Å². The first-order chi connectivity index (χ1) is 30.8. The van der Waals surface area contributed by atoms with E-state index in [2.05, 4.69) is 23.4 Å². The number of carbonyl (C=O) groups excluding carboxylic acids is 4. The molecule has 3 aromatic rings. The molecule has 0 saturated carbocycles. The summed E-state index contributed by atoms with van der Waals surface area (Å²) >= 11 is 1.39. The second-order valence-electron chi connectivity index (χ2n) is 16.2. The van der Waals surface area contributed by atoms with Gasteiger partial charge < -0.3 is 52.5 Å². The molecule has 7 aliphatic heterocycles. The number of hydrogen-bond donors (Lipinski definition) is 2. The van der Waals surface area contributed by atoms with Gasteiger partial charge in [-0.2, -0.15) is 0 Å². The van der Waals surface area contributed by atoms with E-state index in [1.54, 1.807) is 19.1 Å². The maximum Gasteiger partial charge on any atom is 0.518 e. The van der Waals surface area contributed by atoms with E-state index in [1.165, 1.54) is 32.9 Å². The van der Waals surface area contributed by atoms with Gasteiger partial charge in [-0.1, -0.05) is 19.2 Å². The van der Waals surface area contributed by atoms with Gasteiger partial charge in [0.1, 0.15) is 18.6 Å². The third kappa shape index (κ3) is 6.62. The van der Waals surface area contributed by atoms with E-state index in [0.29, 0.717) is 75.6 Å². The van der Waals surface area contributed by atoms with Crippen LogP contribution in [0.4, 0.5) is 9.59 Å². The van der Waals surface area contributed by atoms with Gasteiger partial charge in [0.15, 0.2) is 40.0 Å². The van der Waals surface area contributed by atoms with Gasteiger partial charge in [0.05, 0.1) is 50.1 Å². The van der Waals surface area contributed by atoms with Crippen LogP contribution >= 0.6 is 11.8 Å². The fourth-order valence-electron chi connectivity index (χ4n) is 10.5. The quantitative estimate of drug-likeness (QED) is 0.101. The molecular weight excluding hydrogens is 855 g/mol. The highest BCUT2D eigenvalue weighted by molar-refractivity contribution is 7.99. The highest BCUT2D eigenvalue weighted by atomic mass is 32.2. The fraction of sp³-hybridized carbons (Fsp3) is 0.422. The number of benzene rings is 3. The number of nitrogens with one attached hydrogen (secondary N) is 1. The zero-order valence-electron chi connectivity index (χ0n) is 36.0. The predicted octanol–water partition coefficient (Wildman–Crippen LogP) is 5.32. The Morgan fingerprint density at radius 3 is 2.34 bits per heavy atom. The number of methoxy groups -OCH3 is 2. The zero-order valence-corrected chi connectivity index (χ0v) is 36.8. The van der Waals surface area contributed by atoms with Gasteiger partial charge in [0.25, 0.3) is 0 Å². The lowest BCUT2D eigenvalue weighted by Crippen LogP contribution is -2.70. The number of fused-ring (bicyclic) bond motifs is 9. The number of thioether (sulfide) groups is 1. The molecule has 7 heterocycles. The Morgan fingerprint density at radius 1 is 0.906 bits per heavy atom. The molecule has 0 radical (unpaired) electrons. The molecule has 4 bridgehead atoms. The van der Waals surface area contributed by atoms with Crippen LogP contribution in [0.15, 0.2) is 43.9 Å². The van der Waals surface area contributed by atoms with Gasteiger partial charge >= 0.3 is 24.2 Å². The van der Waals surface area contributed by atoms with Crippen LogP contribution in [0, 0.1) is 13.8 Å². The van der Waals surface area contributed by atoms with Crippen LogP contribution < -0.4 is 38.5 Å². The predicted molar refractivity (Wildman–Crippen MR) is 226 cm³/mol. The first-order valence-corrected chi connectivity index (χ1v) is 21.6. The number of carbonyl (C=O) groups is 4. The molecule has 0 amide bonds. The highest BCUT2D eigenvalue weighted by Gasteiger charge is 2.61. The van der Waals surface area contributed by atoms with Crippen molar-refractivity contribution in [2.75, 3.05) is 47.0 Å². The summed E-state index contributed by atoms with van der Waals surface area (Å²) in [6, 6.07) is 2.51. The third-order valence-corrected chi connectivity index (χ3v) is 14.4. The van der Waals surface area contributed by atoms with Crippen LogP contribution in [0.2, 0.25) is 0 Å². The summed E-state index contributed by atoms with van der Waals surface area (Å²) in [4.78, 5) is 57.7.